The highest BCUT2D eigenvalue weighted by molar-refractivity contribution is 7.90. The van der Waals surface area contributed by atoms with Gasteiger partial charge in [0.15, 0.2) is 0 Å². The SMILES string of the molecule is COC(=O)c1cc2c(c3c4ccccc4n(S(=O)(=O)c4cccc(C)c4)c13)C(=O)N(Cc1ccc(C)cc1)C2. The molecule has 5 aromatic rings. The van der Waals surface area contributed by atoms with Crippen LogP contribution in [0.3, 0.4) is 0 Å². The van der Waals surface area contributed by atoms with Crippen LogP contribution in [0.15, 0.2) is 83.8 Å². The zero-order valence-corrected chi connectivity index (χ0v) is 22.6. The number of aryl methyl sites for hydroxylation is 2. The molecule has 0 radical (unpaired) electrons. The summed E-state index contributed by atoms with van der Waals surface area (Å²) >= 11 is 0. The Morgan fingerprint density at radius 2 is 1.67 bits per heavy atom. The zero-order valence-electron chi connectivity index (χ0n) is 21.8. The third kappa shape index (κ3) is 3.90. The van der Waals surface area contributed by atoms with Crippen molar-refractivity contribution >= 4 is 43.7 Å². The number of aromatic nitrogens is 1. The molecule has 6 rings (SSSR count). The smallest absolute Gasteiger partial charge is 0.340 e. The molecule has 39 heavy (non-hydrogen) atoms. The molecule has 0 bridgehead atoms. The van der Waals surface area contributed by atoms with Crippen LogP contribution < -0.4 is 0 Å². The van der Waals surface area contributed by atoms with Crippen molar-refractivity contribution in [1.29, 1.82) is 0 Å². The fraction of sp³-hybridized carbons (Fsp3) is 0.161. The average molecular weight is 539 g/mol. The van der Waals surface area contributed by atoms with Crippen LogP contribution in [0.5, 0.6) is 0 Å². The number of carbonyl (C=O) groups is 2. The van der Waals surface area contributed by atoms with Gasteiger partial charge < -0.3 is 9.64 Å². The van der Waals surface area contributed by atoms with E-state index in [0.717, 1.165) is 16.7 Å². The van der Waals surface area contributed by atoms with Crippen molar-refractivity contribution in [1.82, 2.24) is 8.87 Å². The van der Waals surface area contributed by atoms with Crippen molar-refractivity contribution in [3.05, 3.63) is 112 Å². The lowest BCUT2D eigenvalue weighted by atomic mass is 9.98. The topological polar surface area (TPSA) is 85.7 Å². The Balaban J connectivity index is 1.65. The Hall–Kier alpha value is -4.43. The van der Waals surface area contributed by atoms with Gasteiger partial charge in [-0.25, -0.2) is 17.2 Å². The van der Waals surface area contributed by atoms with Gasteiger partial charge in [0.25, 0.3) is 15.9 Å². The molecule has 0 fully saturated rings. The number of rotatable bonds is 5. The van der Waals surface area contributed by atoms with E-state index in [1.54, 1.807) is 47.4 Å². The quantitative estimate of drug-likeness (QED) is 0.272. The van der Waals surface area contributed by atoms with Crippen LogP contribution in [-0.4, -0.2) is 36.3 Å². The number of methoxy groups -OCH3 is 1. The van der Waals surface area contributed by atoms with Crippen LogP contribution in [0.2, 0.25) is 0 Å². The number of esters is 1. The first kappa shape index (κ1) is 24.9. The van der Waals surface area contributed by atoms with E-state index in [2.05, 4.69) is 0 Å². The van der Waals surface area contributed by atoms with Gasteiger partial charge in [0.2, 0.25) is 0 Å². The van der Waals surface area contributed by atoms with Crippen LogP contribution >= 0.6 is 0 Å². The predicted octanol–water partition coefficient (Wildman–Crippen LogP) is 5.59. The van der Waals surface area contributed by atoms with Gasteiger partial charge in [-0.15, -0.1) is 0 Å². The highest BCUT2D eigenvalue weighted by Gasteiger charge is 2.36. The first-order valence-electron chi connectivity index (χ1n) is 12.5. The summed E-state index contributed by atoms with van der Waals surface area (Å²) in [4.78, 5) is 28.8. The summed E-state index contributed by atoms with van der Waals surface area (Å²) in [6.07, 6.45) is 0. The molecular weight excluding hydrogens is 512 g/mol. The third-order valence-electron chi connectivity index (χ3n) is 7.27. The van der Waals surface area contributed by atoms with Crippen molar-refractivity contribution in [2.24, 2.45) is 0 Å². The Labute approximate surface area is 226 Å². The van der Waals surface area contributed by atoms with Gasteiger partial charge >= 0.3 is 5.97 Å². The lowest BCUT2D eigenvalue weighted by Crippen LogP contribution is -2.23. The molecule has 1 amide bonds. The molecule has 1 aromatic heterocycles. The molecule has 7 nitrogen and oxygen atoms in total. The summed E-state index contributed by atoms with van der Waals surface area (Å²) < 4.78 is 34.6. The number of carbonyl (C=O) groups excluding carboxylic acids is 2. The van der Waals surface area contributed by atoms with E-state index >= 15 is 0 Å². The molecule has 0 spiro atoms. The Morgan fingerprint density at radius 1 is 0.923 bits per heavy atom. The number of hydrogen-bond donors (Lipinski definition) is 0. The van der Waals surface area contributed by atoms with Crippen LogP contribution in [0, 0.1) is 13.8 Å². The van der Waals surface area contributed by atoms with Crippen molar-refractivity contribution in [2.75, 3.05) is 7.11 Å². The summed E-state index contributed by atoms with van der Waals surface area (Å²) in [5, 5.41) is 1.02. The van der Waals surface area contributed by atoms with E-state index < -0.39 is 16.0 Å². The molecule has 196 valence electrons. The fourth-order valence-electron chi connectivity index (χ4n) is 5.43. The standard InChI is InChI=1S/C31H26N2O5S/c1-19-11-13-21(14-12-19)17-32-18-22-16-25(31(35)38-3)29-28(27(22)30(32)34)24-9-4-5-10-26(24)33(29)39(36,37)23-8-6-7-20(2)15-23/h4-16H,17-18H2,1-3H3. The Bertz CT molecular complexity index is 1920. The van der Waals surface area contributed by atoms with Crippen molar-refractivity contribution < 1.29 is 22.7 Å². The predicted molar refractivity (Wildman–Crippen MR) is 149 cm³/mol. The number of nitrogens with zero attached hydrogens (tertiary/aromatic N) is 2. The number of para-hydroxylation sites is 1. The van der Waals surface area contributed by atoms with Gasteiger partial charge in [-0.1, -0.05) is 60.2 Å². The van der Waals surface area contributed by atoms with Crippen LogP contribution in [0.1, 0.15) is 43.0 Å². The monoisotopic (exact) mass is 538 g/mol. The van der Waals surface area contributed by atoms with Crippen LogP contribution in [0.25, 0.3) is 21.8 Å². The normalized spacial score (nSPS) is 13.3. The number of benzene rings is 4. The molecule has 0 saturated carbocycles. The highest BCUT2D eigenvalue weighted by Crippen LogP contribution is 2.41. The van der Waals surface area contributed by atoms with Crippen LogP contribution in [-0.2, 0) is 27.8 Å². The van der Waals surface area contributed by atoms with Gasteiger partial charge in [-0.2, -0.15) is 0 Å². The molecule has 1 aliphatic rings. The molecule has 1 aliphatic heterocycles. The van der Waals surface area contributed by atoms with Crippen molar-refractivity contribution in [3.63, 3.8) is 0 Å². The maximum absolute atomic E-state index is 14.2. The molecule has 8 heteroatoms. The summed E-state index contributed by atoms with van der Waals surface area (Å²) in [5.74, 6) is -0.876. The van der Waals surface area contributed by atoms with Gasteiger partial charge in [0, 0.05) is 23.9 Å². The van der Waals surface area contributed by atoms with E-state index in [4.69, 9.17) is 4.74 Å². The van der Waals surface area contributed by atoms with Crippen molar-refractivity contribution in [2.45, 2.75) is 31.8 Å². The Morgan fingerprint density at radius 3 is 2.38 bits per heavy atom. The van der Waals surface area contributed by atoms with E-state index in [0.29, 0.717) is 40.5 Å². The molecule has 0 aliphatic carbocycles. The summed E-state index contributed by atoms with van der Waals surface area (Å²) in [6.45, 7) is 4.51. The minimum absolute atomic E-state index is 0.0915. The largest absolute Gasteiger partial charge is 0.465 e. The number of hydrogen-bond acceptors (Lipinski definition) is 5. The van der Waals surface area contributed by atoms with Gasteiger partial charge in [-0.05, 0) is 54.8 Å². The zero-order chi connectivity index (χ0) is 27.5. The number of amides is 1. The minimum atomic E-state index is -4.15. The van der Waals surface area contributed by atoms with Gasteiger partial charge in [0.1, 0.15) is 0 Å². The molecule has 0 N–H and O–H groups in total. The minimum Gasteiger partial charge on any atom is -0.465 e. The molecule has 0 atom stereocenters. The molecule has 4 aromatic carbocycles. The lowest BCUT2D eigenvalue weighted by molar-refractivity contribution is 0.0602. The molecular formula is C31H26N2O5S. The maximum atomic E-state index is 14.2. The third-order valence-corrected chi connectivity index (χ3v) is 8.98. The second-order valence-corrected chi connectivity index (χ2v) is 11.7. The van der Waals surface area contributed by atoms with E-state index in [1.165, 1.54) is 17.1 Å². The first-order valence-corrected chi connectivity index (χ1v) is 14.0. The van der Waals surface area contributed by atoms with E-state index in [-0.39, 0.29) is 21.9 Å². The summed E-state index contributed by atoms with van der Waals surface area (Å²) in [5.41, 5.74) is 4.61. The second kappa shape index (κ2) is 9.10. The lowest BCUT2D eigenvalue weighted by Gasteiger charge is -2.15. The number of fused-ring (bicyclic) bond motifs is 5. The van der Waals surface area contributed by atoms with Gasteiger partial charge in [0.05, 0.1) is 34.2 Å². The second-order valence-electron chi connectivity index (χ2n) is 9.92. The van der Waals surface area contributed by atoms with Crippen LogP contribution in [0.4, 0.5) is 0 Å². The molecule has 2 heterocycles. The highest BCUT2D eigenvalue weighted by atomic mass is 32.2. The molecule has 0 saturated heterocycles. The Kier molecular flexibility index (Phi) is 5.80. The number of ether oxygens (including phenoxy) is 1. The summed E-state index contributed by atoms with van der Waals surface area (Å²) in [6, 6.07) is 23.2. The fourth-order valence-corrected chi connectivity index (χ4v) is 7.07. The van der Waals surface area contributed by atoms with Crippen molar-refractivity contribution in [3.8, 4) is 0 Å². The average Bonchev–Trinajstić information content (AvgIpc) is 3.43. The van der Waals surface area contributed by atoms with E-state index in [1.807, 2.05) is 44.2 Å². The van der Waals surface area contributed by atoms with Gasteiger partial charge in [-0.3, -0.25) is 4.79 Å². The summed E-state index contributed by atoms with van der Waals surface area (Å²) in [7, 11) is -2.89. The first-order chi connectivity index (χ1) is 18.7. The van der Waals surface area contributed by atoms with E-state index in [9.17, 15) is 18.0 Å². The maximum Gasteiger partial charge on any atom is 0.340 e. The molecule has 0 unspecified atom stereocenters.